The highest BCUT2D eigenvalue weighted by Crippen LogP contribution is 2.13. The average molecular weight is 373 g/mol. The van der Waals surface area contributed by atoms with Gasteiger partial charge in [-0.05, 0) is 65.3 Å². The average Bonchev–Trinajstić information content (AvgIpc) is 2.55. The number of unbranched alkanes of at least 4 members (excludes halogenated alkanes) is 3. The van der Waals surface area contributed by atoms with Gasteiger partial charge in [-0.3, -0.25) is 14.4 Å². The van der Waals surface area contributed by atoms with Crippen LogP contribution in [-0.4, -0.2) is 73.0 Å². The van der Waals surface area contributed by atoms with Gasteiger partial charge in [0.25, 0.3) is 0 Å². The maximum absolute atomic E-state index is 12.5. The summed E-state index contributed by atoms with van der Waals surface area (Å²) in [5, 5.41) is 0. The van der Waals surface area contributed by atoms with Gasteiger partial charge in [-0.2, -0.15) is 11.8 Å². The fraction of sp³-hybridized carbons (Fsp3) is 0.842. The van der Waals surface area contributed by atoms with Crippen molar-refractivity contribution in [2.24, 2.45) is 0 Å². The van der Waals surface area contributed by atoms with Gasteiger partial charge >= 0.3 is 0 Å². The van der Waals surface area contributed by atoms with Crippen LogP contribution in [0.5, 0.6) is 0 Å². The minimum Gasteiger partial charge on any atom is -0.335 e. The van der Waals surface area contributed by atoms with Crippen molar-refractivity contribution in [3.8, 4) is 0 Å². The lowest BCUT2D eigenvalue weighted by Gasteiger charge is -2.27. The van der Waals surface area contributed by atoms with E-state index in [0.29, 0.717) is 12.8 Å². The summed E-state index contributed by atoms with van der Waals surface area (Å²) in [5.74, 6) is 1.04. The van der Waals surface area contributed by atoms with E-state index >= 15 is 0 Å². The number of nitrogens with zero attached hydrogens (tertiary/aromatic N) is 2. The molecule has 0 spiro atoms. The molecule has 1 unspecified atom stereocenters. The molecule has 25 heavy (non-hydrogen) atoms. The van der Waals surface area contributed by atoms with E-state index in [4.69, 9.17) is 0 Å². The molecule has 0 aliphatic rings. The van der Waals surface area contributed by atoms with Gasteiger partial charge in [0, 0.05) is 26.3 Å². The molecule has 5 nitrogen and oxygen atoms in total. The highest BCUT2D eigenvalue weighted by molar-refractivity contribution is 7.98. The van der Waals surface area contributed by atoms with Crippen LogP contribution in [0.1, 0.15) is 58.3 Å². The summed E-state index contributed by atoms with van der Waals surface area (Å²) in [4.78, 5) is 40.0. The van der Waals surface area contributed by atoms with E-state index < -0.39 is 6.04 Å². The first-order valence-electron chi connectivity index (χ1n) is 9.21. The molecule has 0 bridgehead atoms. The van der Waals surface area contributed by atoms with Crippen molar-refractivity contribution >= 4 is 29.2 Å². The van der Waals surface area contributed by atoms with Crippen molar-refractivity contribution in [2.45, 2.75) is 64.3 Å². The van der Waals surface area contributed by atoms with Crippen LogP contribution in [0.15, 0.2) is 0 Å². The molecule has 1 amide bonds. The summed E-state index contributed by atoms with van der Waals surface area (Å²) in [6.07, 6.45) is 7.80. The second kappa shape index (κ2) is 14.3. The summed E-state index contributed by atoms with van der Waals surface area (Å²) in [5.41, 5.74) is 0. The van der Waals surface area contributed by atoms with Crippen LogP contribution in [0.2, 0.25) is 0 Å². The Morgan fingerprint density at radius 3 is 2.12 bits per heavy atom. The zero-order valence-electron chi connectivity index (χ0n) is 16.7. The molecule has 0 radical (unpaired) electrons. The number of carbonyl (C=O) groups excluding carboxylic acids is 3. The first-order chi connectivity index (χ1) is 11.8. The SMILES string of the molecule is CSCCCCCC(=O)N(C)C(CC(C)=O)C(=O)CCCCN(C)C. The molecule has 6 heteroatoms. The number of thioether (sulfide) groups is 1. The molecule has 1 atom stereocenters. The number of hydrogen-bond donors (Lipinski definition) is 0. The number of ketones is 2. The predicted octanol–water partition coefficient (Wildman–Crippen LogP) is 3.02. The molecule has 0 aliphatic heterocycles. The van der Waals surface area contributed by atoms with Gasteiger partial charge in [-0.15, -0.1) is 0 Å². The van der Waals surface area contributed by atoms with Gasteiger partial charge in [0.15, 0.2) is 5.78 Å². The van der Waals surface area contributed by atoms with Gasteiger partial charge in [-0.25, -0.2) is 0 Å². The van der Waals surface area contributed by atoms with Gasteiger partial charge < -0.3 is 9.80 Å². The van der Waals surface area contributed by atoms with E-state index in [-0.39, 0.29) is 23.9 Å². The summed E-state index contributed by atoms with van der Waals surface area (Å²) in [7, 11) is 5.67. The van der Waals surface area contributed by atoms with Crippen molar-refractivity contribution in [2.75, 3.05) is 39.7 Å². The third-order valence-electron chi connectivity index (χ3n) is 4.23. The molecule has 0 fully saturated rings. The zero-order valence-corrected chi connectivity index (χ0v) is 17.5. The number of amides is 1. The number of Topliss-reactive ketones (excluding diaryl/α,β-unsaturated/α-hetero) is 2. The molecule has 0 aromatic rings. The van der Waals surface area contributed by atoms with Crippen LogP contribution in [-0.2, 0) is 14.4 Å². The van der Waals surface area contributed by atoms with Crippen LogP contribution in [0.3, 0.4) is 0 Å². The summed E-state index contributed by atoms with van der Waals surface area (Å²) in [6.45, 7) is 2.42. The van der Waals surface area contributed by atoms with Crippen molar-refractivity contribution in [1.29, 1.82) is 0 Å². The topological polar surface area (TPSA) is 57.7 Å². The third-order valence-corrected chi connectivity index (χ3v) is 4.93. The molecular weight excluding hydrogens is 336 g/mol. The zero-order chi connectivity index (χ0) is 19.2. The molecule has 0 N–H and O–H groups in total. The quantitative estimate of drug-likeness (QED) is 0.414. The van der Waals surface area contributed by atoms with Crippen molar-refractivity contribution in [1.82, 2.24) is 9.80 Å². The van der Waals surface area contributed by atoms with Crippen LogP contribution in [0, 0.1) is 0 Å². The molecule has 0 heterocycles. The lowest BCUT2D eigenvalue weighted by molar-refractivity contribution is -0.139. The molecule has 0 saturated heterocycles. The highest BCUT2D eigenvalue weighted by Gasteiger charge is 2.27. The maximum Gasteiger partial charge on any atom is 0.222 e. The monoisotopic (exact) mass is 372 g/mol. The van der Waals surface area contributed by atoms with E-state index in [1.807, 2.05) is 25.9 Å². The highest BCUT2D eigenvalue weighted by atomic mass is 32.2. The number of carbonyl (C=O) groups is 3. The maximum atomic E-state index is 12.5. The standard InChI is InChI=1S/C19H36N2O3S/c1-16(22)15-17(18(23)11-8-9-13-20(2)3)21(4)19(24)12-7-6-10-14-25-5/h17H,6-15H2,1-5H3. The largest absolute Gasteiger partial charge is 0.335 e. The Balaban J connectivity index is 4.48. The van der Waals surface area contributed by atoms with E-state index in [1.54, 1.807) is 7.05 Å². The van der Waals surface area contributed by atoms with Crippen molar-refractivity contribution in [3.05, 3.63) is 0 Å². The number of rotatable bonds is 15. The first kappa shape index (κ1) is 24.1. The van der Waals surface area contributed by atoms with Gasteiger partial charge in [0.05, 0.1) is 6.04 Å². The fourth-order valence-electron chi connectivity index (χ4n) is 2.68. The predicted molar refractivity (Wildman–Crippen MR) is 106 cm³/mol. The van der Waals surface area contributed by atoms with E-state index in [0.717, 1.165) is 44.4 Å². The van der Waals surface area contributed by atoms with E-state index in [2.05, 4.69) is 11.2 Å². The molecule has 0 aromatic carbocycles. The molecule has 0 saturated carbocycles. The first-order valence-corrected chi connectivity index (χ1v) is 10.6. The normalized spacial score (nSPS) is 12.2. The van der Waals surface area contributed by atoms with Crippen LogP contribution in [0.25, 0.3) is 0 Å². The second-order valence-electron chi connectivity index (χ2n) is 6.96. The Kier molecular flexibility index (Phi) is 13.8. The molecule has 0 rings (SSSR count). The minimum absolute atomic E-state index is 0.00666. The van der Waals surface area contributed by atoms with Crippen LogP contribution in [0.4, 0.5) is 0 Å². The van der Waals surface area contributed by atoms with Crippen molar-refractivity contribution < 1.29 is 14.4 Å². The Hall–Kier alpha value is -0.880. The summed E-state index contributed by atoms with van der Waals surface area (Å²) >= 11 is 1.81. The molecule has 0 aromatic heterocycles. The molecule has 146 valence electrons. The summed E-state index contributed by atoms with van der Waals surface area (Å²) in [6, 6.07) is -0.601. The summed E-state index contributed by atoms with van der Waals surface area (Å²) < 4.78 is 0. The Morgan fingerprint density at radius 2 is 1.56 bits per heavy atom. The lowest BCUT2D eigenvalue weighted by atomic mass is 10.00. The second-order valence-corrected chi connectivity index (χ2v) is 7.94. The van der Waals surface area contributed by atoms with Crippen molar-refractivity contribution in [3.63, 3.8) is 0 Å². The molecular formula is C19H36N2O3S. The van der Waals surface area contributed by atoms with Gasteiger partial charge in [0.2, 0.25) is 5.91 Å². The Morgan fingerprint density at radius 1 is 0.920 bits per heavy atom. The third kappa shape index (κ3) is 12.2. The lowest BCUT2D eigenvalue weighted by Crippen LogP contribution is -2.43. The van der Waals surface area contributed by atoms with E-state index in [9.17, 15) is 14.4 Å². The fourth-order valence-corrected chi connectivity index (χ4v) is 3.18. The Labute approximate surface area is 157 Å². The smallest absolute Gasteiger partial charge is 0.222 e. The van der Waals surface area contributed by atoms with E-state index in [1.165, 1.54) is 11.8 Å². The van der Waals surface area contributed by atoms with Crippen LogP contribution >= 0.6 is 11.8 Å². The molecule has 0 aliphatic carbocycles. The van der Waals surface area contributed by atoms with Gasteiger partial charge in [-0.1, -0.05) is 6.42 Å². The Bertz CT molecular complexity index is 413. The number of hydrogen-bond acceptors (Lipinski definition) is 5. The number of likely N-dealkylation sites (N-methyl/N-ethyl adjacent to an activating group) is 1. The minimum atomic E-state index is -0.601. The van der Waals surface area contributed by atoms with Gasteiger partial charge in [0.1, 0.15) is 5.78 Å². The van der Waals surface area contributed by atoms with Crippen LogP contribution < -0.4 is 0 Å².